The highest BCUT2D eigenvalue weighted by molar-refractivity contribution is 9.11. The SMILES string of the molecule is CCC(=O)c1ccc(Br)c(F)c1Br. The first-order chi connectivity index (χ1) is 6.07. The molecular weight excluding hydrogens is 303 g/mol. The van der Waals surface area contributed by atoms with Gasteiger partial charge in [-0.3, -0.25) is 4.79 Å². The van der Waals surface area contributed by atoms with Gasteiger partial charge in [-0.05, 0) is 44.0 Å². The van der Waals surface area contributed by atoms with Gasteiger partial charge in [-0.2, -0.15) is 0 Å². The van der Waals surface area contributed by atoms with Crippen molar-refractivity contribution in [1.82, 2.24) is 0 Å². The van der Waals surface area contributed by atoms with Crippen molar-refractivity contribution in [2.24, 2.45) is 0 Å². The molecule has 1 rings (SSSR count). The lowest BCUT2D eigenvalue weighted by Gasteiger charge is -2.03. The number of Topliss-reactive ketones (excluding diaryl/α,β-unsaturated/α-hetero) is 1. The van der Waals surface area contributed by atoms with Crippen LogP contribution in [-0.4, -0.2) is 5.78 Å². The number of rotatable bonds is 2. The Bertz CT molecular complexity index is 350. The smallest absolute Gasteiger partial charge is 0.163 e. The predicted octanol–water partition coefficient (Wildman–Crippen LogP) is 3.94. The van der Waals surface area contributed by atoms with E-state index >= 15 is 0 Å². The molecule has 70 valence electrons. The van der Waals surface area contributed by atoms with Crippen LogP contribution in [0.3, 0.4) is 0 Å². The molecule has 0 aromatic heterocycles. The van der Waals surface area contributed by atoms with E-state index in [1.807, 2.05) is 0 Å². The predicted molar refractivity (Wildman–Crippen MR) is 56.4 cm³/mol. The van der Waals surface area contributed by atoms with Crippen LogP contribution in [0.4, 0.5) is 4.39 Å². The minimum absolute atomic E-state index is 0.0710. The molecule has 0 bridgehead atoms. The van der Waals surface area contributed by atoms with Crippen molar-refractivity contribution < 1.29 is 9.18 Å². The normalized spacial score (nSPS) is 10.2. The molecule has 1 aromatic rings. The van der Waals surface area contributed by atoms with Crippen LogP contribution in [0.15, 0.2) is 21.1 Å². The van der Waals surface area contributed by atoms with Gasteiger partial charge in [0, 0.05) is 12.0 Å². The maximum Gasteiger partial charge on any atom is 0.163 e. The second-order valence-electron chi connectivity index (χ2n) is 2.50. The summed E-state index contributed by atoms with van der Waals surface area (Å²) in [7, 11) is 0. The zero-order chi connectivity index (χ0) is 10.0. The first kappa shape index (κ1) is 10.9. The third kappa shape index (κ3) is 2.17. The Balaban J connectivity index is 3.26. The largest absolute Gasteiger partial charge is 0.294 e. The Kier molecular flexibility index (Phi) is 3.62. The summed E-state index contributed by atoms with van der Waals surface area (Å²) in [5.74, 6) is -0.502. The fraction of sp³-hybridized carbons (Fsp3) is 0.222. The molecular formula is C9H7Br2FO. The molecule has 0 fully saturated rings. The average molecular weight is 310 g/mol. The highest BCUT2D eigenvalue weighted by Crippen LogP contribution is 2.27. The second kappa shape index (κ2) is 4.33. The van der Waals surface area contributed by atoms with Gasteiger partial charge in [-0.15, -0.1) is 0 Å². The van der Waals surface area contributed by atoms with Gasteiger partial charge in [0.2, 0.25) is 0 Å². The van der Waals surface area contributed by atoms with Gasteiger partial charge in [-0.1, -0.05) is 6.92 Å². The van der Waals surface area contributed by atoms with Gasteiger partial charge in [-0.25, -0.2) is 4.39 Å². The van der Waals surface area contributed by atoms with Crippen molar-refractivity contribution in [1.29, 1.82) is 0 Å². The Morgan fingerprint density at radius 3 is 2.62 bits per heavy atom. The molecule has 0 radical (unpaired) electrons. The monoisotopic (exact) mass is 308 g/mol. The Hall–Kier alpha value is -0.220. The lowest BCUT2D eigenvalue weighted by molar-refractivity contribution is 0.0987. The number of halogens is 3. The number of carbonyl (C=O) groups is 1. The van der Waals surface area contributed by atoms with Crippen LogP contribution in [0.5, 0.6) is 0 Å². The lowest BCUT2D eigenvalue weighted by Crippen LogP contribution is -1.99. The molecule has 0 aliphatic carbocycles. The summed E-state index contributed by atoms with van der Waals surface area (Å²) in [6.45, 7) is 1.74. The molecule has 0 heterocycles. The van der Waals surface area contributed by atoms with Crippen molar-refractivity contribution in [3.8, 4) is 0 Å². The molecule has 0 atom stereocenters. The topological polar surface area (TPSA) is 17.1 Å². The molecule has 0 aliphatic rings. The first-order valence-electron chi connectivity index (χ1n) is 3.74. The first-order valence-corrected chi connectivity index (χ1v) is 5.33. The quantitative estimate of drug-likeness (QED) is 0.597. The summed E-state index contributed by atoms with van der Waals surface area (Å²) >= 11 is 6.08. The highest BCUT2D eigenvalue weighted by atomic mass is 79.9. The fourth-order valence-corrected chi connectivity index (χ4v) is 2.10. The molecule has 13 heavy (non-hydrogen) atoms. The van der Waals surface area contributed by atoms with Crippen LogP contribution in [0, 0.1) is 5.82 Å². The van der Waals surface area contributed by atoms with Gasteiger partial charge in [0.1, 0.15) is 0 Å². The number of hydrogen-bond acceptors (Lipinski definition) is 1. The lowest BCUT2D eigenvalue weighted by atomic mass is 10.1. The molecule has 0 spiro atoms. The van der Waals surface area contributed by atoms with E-state index in [0.717, 1.165) is 0 Å². The number of benzene rings is 1. The van der Waals surface area contributed by atoms with Crippen LogP contribution in [0.25, 0.3) is 0 Å². The van der Waals surface area contributed by atoms with E-state index in [1.165, 1.54) is 6.07 Å². The molecule has 0 saturated heterocycles. The van der Waals surface area contributed by atoms with Gasteiger partial charge in [0.05, 0.1) is 8.95 Å². The summed E-state index contributed by atoms with van der Waals surface area (Å²) in [5, 5.41) is 0. The fourth-order valence-electron chi connectivity index (χ4n) is 0.932. The third-order valence-electron chi connectivity index (χ3n) is 1.66. The van der Waals surface area contributed by atoms with E-state index in [4.69, 9.17) is 0 Å². The van der Waals surface area contributed by atoms with Crippen molar-refractivity contribution in [3.63, 3.8) is 0 Å². The Morgan fingerprint density at radius 2 is 2.08 bits per heavy atom. The number of carbonyl (C=O) groups excluding carboxylic acids is 1. The summed E-state index contributed by atoms with van der Waals surface area (Å²) in [4.78, 5) is 11.3. The van der Waals surface area contributed by atoms with Crippen LogP contribution in [0.1, 0.15) is 23.7 Å². The molecule has 0 aliphatic heterocycles. The number of hydrogen-bond donors (Lipinski definition) is 0. The van der Waals surface area contributed by atoms with E-state index in [1.54, 1.807) is 13.0 Å². The van der Waals surface area contributed by atoms with Crippen LogP contribution < -0.4 is 0 Å². The van der Waals surface area contributed by atoms with E-state index in [-0.39, 0.29) is 10.3 Å². The molecule has 0 unspecified atom stereocenters. The summed E-state index contributed by atoms with van der Waals surface area (Å²) in [6.07, 6.45) is 0.375. The van der Waals surface area contributed by atoms with E-state index in [9.17, 15) is 9.18 Å². The Morgan fingerprint density at radius 1 is 1.46 bits per heavy atom. The Labute approximate surface area is 92.6 Å². The van der Waals surface area contributed by atoms with E-state index < -0.39 is 5.82 Å². The van der Waals surface area contributed by atoms with E-state index in [0.29, 0.717) is 16.5 Å². The van der Waals surface area contributed by atoms with Gasteiger partial charge >= 0.3 is 0 Å². The molecule has 4 heteroatoms. The average Bonchev–Trinajstić information content (AvgIpc) is 2.13. The van der Waals surface area contributed by atoms with Crippen molar-refractivity contribution >= 4 is 37.6 Å². The number of ketones is 1. The van der Waals surface area contributed by atoms with Gasteiger partial charge < -0.3 is 0 Å². The van der Waals surface area contributed by atoms with Gasteiger partial charge in [0.25, 0.3) is 0 Å². The molecule has 0 saturated carbocycles. The van der Waals surface area contributed by atoms with E-state index in [2.05, 4.69) is 31.9 Å². The molecule has 1 aromatic carbocycles. The van der Waals surface area contributed by atoms with Crippen LogP contribution >= 0.6 is 31.9 Å². The minimum Gasteiger partial charge on any atom is -0.294 e. The van der Waals surface area contributed by atoms with Gasteiger partial charge in [0.15, 0.2) is 11.6 Å². The zero-order valence-corrected chi connectivity index (χ0v) is 10.1. The minimum atomic E-state index is -0.431. The van der Waals surface area contributed by atoms with Crippen molar-refractivity contribution in [3.05, 3.63) is 32.5 Å². The second-order valence-corrected chi connectivity index (χ2v) is 4.15. The van der Waals surface area contributed by atoms with Crippen LogP contribution in [-0.2, 0) is 0 Å². The molecule has 1 nitrogen and oxygen atoms in total. The summed E-state index contributed by atoms with van der Waals surface area (Å²) in [6, 6.07) is 3.13. The molecule has 0 amide bonds. The standard InChI is InChI=1S/C9H7Br2FO/c1-2-7(13)5-3-4-6(10)9(12)8(5)11/h3-4H,2H2,1H3. The van der Waals surface area contributed by atoms with Crippen molar-refractivity contribution in [2.45, 2.75) is 13.3 Å². The maximum atomic E-state index is 13.2. The summed E-state index contributed by atoms with van der Waals surface area (Å²) in [5.41, 5.74) is 0.392. The maximum absolute atomic E-state index is 13.2. The molecule has 0 N–H and O–H groups in total. The summed E-state index contributed by atoms with van der Waals surface area (Å²) < 4.78 is 13.8. The third-order valence-corrected chi connectivity index (χ3v) is 3.04. The van der Waals surface area contributed by atoms with Crippen molar-refractivity contribution in [2.75, 3.05) is 0 Å². The highest BCUT2D eigenvalue weighted by Gasteiger charge is 2.13. The zero-order valence-electron chi connectivity index (χ0n) is 6.90. The van der Waals surface area contributed by atoms with Crippen LogP contribution in [0.2, 0.25) is 0 Å².